The topological polar surface area (TPSA) is 63.3 Å². The lowest BCUT2D eigenvalue weighted by Gasteiger charge is -1.87. The standard InChI is InChI=1S/C5H5NO3S/c1-10-4-3(5(7)8)9-2-6-4/h2H,1H3,(H,7,8). The molecule has 0 aliphatic heterocycles. The third kappa shape index (κ3) is 1.13. The van der Waals surface area contributed by atoms with Crippen LogP contribution in [0, 0.1) is 0 Å². The van der Waals surface area contributed by atoms with E-state index in [0.717, 1.165) is 6.39 Å². The Balaban J connectivity index is 3.01. The van der Waals surface area contributed by atoms with Crippen LogP contribution in [-0.4, -0.2) is 22.3 Å². The quantitative estimate of drug-likeness (QED) is 0.654. The van der Waals surface area contributed by atoms with Gasteiger partial charge in [0.15, 0.2) is 6.39 Å². The zero-order valence-electron chi connectivity index (χ0n) is 5.20. The first-order valence-electron chi connectivity index (χ1n) is 2.46. The van der Waals surface area contributed by atoms with Gasteiger partial charge >= 0.3 is 5.97 Å². The molecule has 1 heterocycles. The maximum absolute atomic E-state index is 10.3. The first kappa shape index (κ1) is 7.14. The summed E-state index contributed by atoms with van der Waals surface area (Å²) in [7, 11) is 0. The second kappa shape index (κ2) is 2.74. The summed E-state index contributed by atoms with van der Waals surface area (Å²) < 4.78 is 4.59. The largest absolute Gasteiger partial charge is 0.475 e. The molecule has 1 N–H and O–H groups in total. The van der Waals surface area contributed by atoms with Gasteiger partial charge < -0.3 is 9.52 Å². The SMILES string of the molecule is CSc1ncoc1C(=O)O. The Bertz CT molecular complexity index is 245. The predicted octanol–water partition coefficient (Wildman–Crippen LogP) is 1.09. The highest BCUT2D eigenvalue weighted by Crippen LogP contribution is 2.17. The number of thioether (sulfide) groups is 1. The molecule has 4 nitrogen and oxygen atoms in total. The normalized spacial score (nSPS) is 9.70. The van der Waals surface area contributed by atoms with Crippen LogP contribution in [0.2, 0.25) is 0 Å². The number of aromatic nitrogens is 1. The Morgan fingerprint density at radius 2 is 2.60 bits per heavy atom. The van der Waals surface area contributed by atoms with Crippen molar-refractivity contribution in [1.29, 1.82) is 0 Å². The summed E-state index contributed by atoms with van der Waals surface area (Å²) in [5, 5.41) is 8.85. The van der Waals surface area contributed by atoms with Gasteiger partial charge in [0.2, 0.25) is 5.76 Å². The zero-order chi connectivity index (χ0) is 7.56. The summed E-state index contributed by atoms with van der Waals surface area (Å²) in [6, 6.07) is 0. The fourth-order valence-electron chi connectivity index (χ4n) is 0.523. The van der Waals surface area contributed by atoms with E-state index >= 15 is 0 Å². The molecule has 10 heavy (non-hydrogen) atoms. The molecule has 1 aromatic heterocycles. The fraction of sp³-hybridized carbons (Fsp3) is 0.200. The molecule has 5 heteroatoms. The average molecular weight is 159 g/mol. The Morgan fingerprint density at radius 1 is 1.90 bits per heavy atom. The van der Waals surface area contributed by atoms with Gasteiger partial charge in [-0.25, -0.2) is 9.78 Å². The molecule has 0 bridgehead atoms. The third-order valence-corrected chi connectivity index (χ3v) is 1.60. The van der Waals surface area contributed by atoms with E-state index in [0.29, 0.717) is 5.03 Å². The van der Waals surface area contributed by atoms with Crippen molar-refractivity contribution in [2.24, 2.45) is 0 Å². The minimum Gasteiger partial charge on any atom is -0.475 e. The number of hydrogen-bond donors (Lipinski definition) is 1. The number of carboxylic acid groups (broad SMARTS) is 1. The van der Waals surface area contributed by atoms with Gasteiger partial charge in [0.1, 0.15) is 5.03 Å². The molecule has 0 aliphatic carbocycles. The van der Waals surface area contributed by atoms with E-state index < -0.39 is 5.97 Å². The van der Waals surface area contributed by atoms with E-state index in [9.17, 15) is 4.79 Å². The van der Waals surface area contributed by atoms with Crippen molar-refractivity contribution in [3.8, 4) is 0 Å². The molecule has 0 unspecified atom stereocenters. The molecule has 0 amide bonds. The van der Waals surface area contributed by atoms with Crippen LogP contribution in [0.1, 0.15) is 10.6 Å². The lowest BCUT2D eigenvalue weighted by Crippen LogP contribution is -1.94. The summed E-state index contributed by atoms with van der Waals surface area (Å²) in [6.45, 7) is 0. The Kier molecular flexibility index (Phi) is 1.96. The monoisotopic (exact) mass is 159 g/mol. The van der Waals surface area contributed by atoms with Gasteiger partial charge in [0, 0.05) is 0 Å². The number of carboxylic acids is 1. The molecular formula is C5H5NO3S. The molecule has 0 aromatic carbocycles. The lowest BCUT2D eigenvalue weighted by molar-refractivity contribution is 0.0657. The highest BCUT2D eigenvalue weighted by atomic mass is 32.2. The van der Waals surface area contributed by atoms with Crippen LogP contribution in [0.15, 0.2) is 15.8 Å². The summed E-state index contributed by atoms with van der Waals surface area (Å²) in [4.78, 5) is 14.0. The molecule has 0 aliphatic rings. The van der Waals surface area contributed by atoms with Crippen LogP contribution in [-0.2, 0) is 0 Å². The van der Waals surface area contributed by atoms with Crippen molar-refractivity contribution in [3.05, 3.63) is 12.2 Å². The maximum atomic E-state index is 10.3. The minimum atomic E-state index is -1.08. The Morgan fingerprint density at radius 3 is 3.00 bits per heavy atom. The summed E-state index contributed by atoms with van der Waals surface area (Å²) >= 11 is 1.24. The van der Waals surface area contributed by atoms with E-state index in [4.69, 9.17) is 5.11 Å². The van der Waals surface area contributed by atoms with E-state index in [1.54, 1.807) is 6.26 Å². The molecule has 0 fully saturated rings. The van der Waals surface area contributed by atoms with Crippen molar-refractivity contribution < 1.29 is 14.3 Å². The second-order valence-electron chi connectivity index (χ2n) is 1.50. The van der Waals surface area contributed by atoms with Crippen LogP contribution in [0.5, 0.6) is 0 Å². The van der Waals surface area contributed by atoms with Crippen molar-refractivity contribution in [1.82, 2.24) is 4.98 Å². The van der Waals surface area contributed by atoms with Crippen LogP contribution < -0.4 is 0 Å². The van der Waals surface area contributed by atoms with Gasteiger partial charge in [-0.1, -0.05) is 0 Å². The van der Waals surface area contributed by atoms with Gasteiger partial charge in [-0.3, -0.25) is 0 Å². The molecule has 0 spiro atoms. The zero-order valence-corrected chi connectivity index (χ0v) is 6.01. The smallest absolute Gasteiger partial charge is 0.374 e. The first-order valence-corrected chi connectivity index (χ1v) is 3.69. The van der Waals surface area contributed by atoms with Crippen molar-refractivity contribution in [2.75, 3.05) is 6.26 Å². The molecule has 1 rings (SSSR count). The summed E-state index contributed by atoms with van der Waals surface area (Å²) in [5.41, 5.74) is 0. The Hall–Kier alpha value is -0.970. The van der Waals surface area contributed by atoms with Gasteiger partial charge in [-0.2, -0.15) is 0 Å². The van der Waals surface area contributed by atoms with Gasteiger partial charge in [-0.05, 0) is 6.26 Å². The van der Waals surface area contributed by atoms with Crippen LogP contribution in [0.3, 0.4) is 0 Å². The molecule has 1 aromatic rings. The summed E-state index contributed by atoms with van der Waals surface area (Å²) in [5.74, 6) is -1.17. The van der Waals surface area contributed by atoms with Crippen molar-refractivity contribution in [2.45, 2.75) is 5.03 Å². The molecule has 0 saturated carbocycles. The van der Waals surface area contributed by atoms with E-state index in [2.05, 4.69) is 9.40 Å². The number of oxazole rings is 1. The summed E-state index contributed by atoms with van der Waals surface area (Å²) in [6.07, 6.45) is 2.86. The maximum Gasteiger partial charge on any atom is 0.374 e. The number of rotatable bonds is 2. The molecule has 54 valence electrons. The van der Waals surface area contributed by atoms with Crippen molar-refractivity contribution >= 4 is 17.7 Å². The minimum absolute atomic E-state index is 0.0903. The average Bonchev–Trinajstić information content (AvgIpc) is 2.33. The van der Waals surface area contributed by atoms with E-state index in [1.807, 2.05) is 0 Å². The van der Waals surface area contributed by atoms with Gasteiger partial charge in [0.25, 0.3) is 0 Å². The second-order valence-corrected chi connectivity index (χ2v) is 2.29. The number of nitrogens with zero attached hydrogens (tertiary/aromatic N) is 1. The predicted molar refractivity (Wildman–Crippen MR) is 35.2 cm³/mol. The number of aromatic carboxylic acids is 1. The van der Waals surface area contributed by atoms with E-state index in [-0.39, 0.29) is 5.76 Å². The molecule has 0 saturated heterocycles. The molecule has 0 atom stereocenters. The van der Waals surface area contributed by atoms with Crippen LogP contribution in [0.25, 0.3) is 0 Å². The first-order chi connectivity index (χ1) is 4.75. The van der Waals surface area contributed by atoms with Crippen LogP contribution >= 0.6 is 11.8 Å². The fourth-order valence-corrected chi connectivity index (χ4v) is 0.993. The molecular weight excluding hydrogens is 154 g/mol. The lowest BCUT2D eigenvalue weighted by atomic mass is 10.5. The van der Waals surface area contributed by atoms with Gasteiger partial charge in [0.05, 0.1) is 0 Å². The van der Waals surface area contributed by atoms with Crippen LogP contribution in [0.4, 0.5) is 0 Å². The highest BCUT2D eigenvalue weighted by molar-refractivity contribution is 7.98. The Labute approximate surface area is 61.3 Å². The van der Waals surface area contributed by atoms with Crippen molar-refractivity contribution in [3.63, 3.8) is 0 Å². The number of carbonyl (C=O) groups is 1. The molecule has 0 radical (unpaired) electrons. The highest BCUT2D eigenvalue weighted by Gasteiger charge is 2.13. The van der Waals surface area contributed by atoms with Gasteiger partial charge in [-0.15, -0.1) is 11.8 Å². The third-order valence-electron chi connectivity index (χ3n) is 0.922. The van der Waals surface area contributed by atoms with E-state index in [1.165, 1.54) is 11.8 Å². The number of hydrogen-bond acceptors (Lipinski definition) is 4.